The number of aryl methyl sites for hydroxylation is 1. The van der Waals surface area contributed by atoms with Gasteiger partial charge in [-0.1, -0.05) is 41.9 Å². The van der Waals surface area contributed by atoms with Crippen molar-refractivity contribution in [1.29, 1.82) is 0 Å². The van der Waals surface area contributed by atoms with Crippen LogP contribution in [-0.2, 0) is 16.4 Å². The standard InChI is InChI=1S/C19H23ClN2O3S/c1-14(9-10-15-7-5-4-6-8-15)21-19(23)17-12-11-16(13-18(17)20)22(2)26(3,24)25/h4-8,11-14H,9-10H2,1-3H3,(H,21,23)/t14-/m0/s1. The Hall–Kier alpha value is -2.05. The van der Waals surface area contributed by atoms with Gasteiger partial charge in [0.15, 0.2) is 0 Å². The molecule has 1 amide bonds. The van der Waals surface area contributed by atoms with E-state index in [-0.39, 0.29) is 17.0 Å². The molecule has 0 unspecified atom stereocenters. The van der Waals surface area contributed by atoms with E-state index >= 15 is 0 Å². The summed E-state index contributed by atoms with van der Waals surface area (Å²) in [6.07, 6.45) is 2.78. The molecule has 0 aliphatic carbocycles. The Morgan fingerprint density at radius 3 is 2.42 bits per heavy atom. The molecule has 0 bridgehead atoms. The topological polar surface area (TPSA) is 66.5 Å². The lowest BCUT2D eigenvalue weighted by Gasteiger charge is -2.18. The van der Waals surface area contributed by atoms with Crippen molar-refractivity contribution in [3.8, 4) is 0 Å². The van der Waals surface area contributed by atoms with Gasteiger partial charge in [-0.25, -0.2) is 8.42 Å². The number of nitrogens with zero attached hydrogens (tertiary/aromatic N) is 1. The fraction of sp³-hybridized carbons (Fsp3) is 0.316. The molecule has 0 aliphatic rings. The lowest BCUT2D eigenvalue weighted by atomic mass is 10.1. The number of nitrogens with one attached hydrogen (secondary N) is 1. The SMILES string of the molecule is C[C@@H](CCc1ccccc1)NC(=O)c1ccc(N(C)S(C)(=O)=O)cc1Cl. The van der Waals surface area contributed by atoms with E-state index in [2.05, 4.69) is 17.4 Å². The maximum absolute atomic E-state index is 12.4. The van der Waals surface area contributed by atoms with Gasteiger partial charge in [0.2, 0.25) is 10.0 Å². The molecule has 0 fully saturated rings. The largest absolute Gasteiger partial charge is 0.350 e. The van der Waals surface area contributed by atoms with Crippen LogP contribution >= 0.6 is 11.6 Å². The van der Waals surface area contributed by atoms with Gasteiger partial charge in [0.25, 0.3) is 5.91 Å². The van der Waals surface area contributed by atoms with Gasteiger partial charge in [0, 0.05) is 13.1 Å². The van der Waals surface area contributed by atoms with E-state index in [1.54, 1.807) is 12.1 Å². The van der Waals surface area contributed by atoms with E-state index < -0.39 is 10.0 Å². The van der Waals surface area contributed by atoms with Gasteiger partial charge in [-0.15, -0.1) is 0 Å². The maximum Gasteiger partial charge on any atom is 0.253 e. The van der Waals surface area contributed by atoms with Gasteiger partial charge in [-0.3, -0.25) is 9.10 Å². The summed E-state index contributed by atoms with van der Waals surface area (Å²) in [5, 5.41) is 3.14. The van der Waals surface area contributed by atoms with Gasteiger partial charge in [-0.05, 0) is 43.5 Å². The van der Waals surface area contributed by atoms with Crippen LogP contribution in [0.15, 0.2) is 48.5 Å². The Kier molecular flexibility index (Phi) is 6.67. The fourth-order valence-corrected chi connectivity index (χ4v) is 3.23. The first-order chi connectivity index (χ1) is 12.2. The number of hydrogen-bond acceptors (Lipinski definition) is 3. The number of halogens is 1. The van der Waals surface area contributed by atoms with Crippen LogP contribution in [-0.4, -0.2) is 33.7 Å². The molecule has 140 valence electrons. The summed E-state index contributed by atoms with van der Waals surface area (Å²) in [5.74, 6) is -0.274. The molecule has 0 aromatic heterocycles. The highest BCUT2D eigenvalue weighted by Crippen LogP contribution is 2.24. The van der Waals surface area contributed by atoms with E-state index in [0.29, 0.717) is 11.3 Å². The minimum absolute atomic E-state index is 0.0165. The van der Waals surface area contributed by atoms with E-state index in [1.807, 2.05) is 25.1 Å². The van der Waals surface area contributed by atoms with Gasteiger partial charge >= 0.3 is 0 Å². The summed E-state index contributed by atoms with van der Waals surface area (Å²) in [7, 11) is -1.95. The number of sulfonamides is 1. The molecule has 2 rings (SSSR count). The van der Waals surface area contributed by atoms with Crippen LogP contribution in [0.5, 0.6) is 0 Å². The third kappa shape index (κ3) is 5.47. The van der Waals surface area contributed by atoms with Crippen molar-refractivity contribution in [2.45, 2.75) is 25.8 Å². The molecule has 2 aromatic carbocycles. The minimum atomic E-state index is -3.38. The second-order valence-electron chi connectivity index (χ2n) is 6.29. The highest BCUT2D eigenvalue weighted by atomic mass is 35.5. The Morgan fingerprint density at radius 2 is 1.85 bits per heavy atom. The number of hydrogen-bond donors (Lipinski definition) is 1. The Morgan fingerprint density at radius 1 is 1.19 bits per heavy atom. The first-order valence-corrected chi connectivity index (χ1v) is 10.5. The van der Waals surface area contributed by atoms with E-state index in [0.717, 1.165) is 23.4 Å². The van der Waals surface area contributed by atoms with Crippen molar-refractivity contribution in [1.82, 2.24) is 5.32 Å². The van der Waals surface area contributed by atoms with Crippen LogP contribution in [0.4, 0.5) is 5.69 Å². The summed E-state index contributed by atoms with van der Waals surface area (Å²) in [5.41, 5.74) is 1.95. The molecule has 0 saturated heterocycles. The van der Waals surface area contributed by atoms with E-state index in [1.165, 1.54) is 18.7 Å². The van der Waals surface area contributed by atoms with Crippen LogP contribution in [0, 0.1) is 0 Å². The summed E-state index contributed by atoms with van der Waals surface area (Å²) in [6, 6.07) is 14.6. The second kappa shape index (κ2) is 8.56. The highest BCUT2D eigenvalue weighted by Gasteiger charge is 2.17. The lowest BCUT2D eigenvalue weighted by molar-refractivity contribution is 0.0938. The average Bonchev–Trinajstić information content (AvgIpc) is 2.59. The summed E-state index contributed by atoms with van der Waals surface area (Å²) >= 11 is 6.19. The molecule has 26 heavy (non-hydrogen) atoms. The monoisotopic (exact) mass is 394 g/mol. The molecular weight excluding hydrogens is 372 g/mol. The van der Waals surface area contributed by atoms with Gasteiger partial charge in [-0.2, -0.15) is 0 Å². The van der Waals surface area contributed by atoms with Crippen molar-refractivity contribution < 1.29 is 13.2 Å². The molecule has 0 aliphatic heterocycles. The molecule has 2 aromatic rings. The van der Waals surface area contributed by atoms with E-state index in [9.17, 15) is 13.2 Å². The molecule has 7 heteroatoms. The van der Waals surface area contributed by atoms with Crippen LogP contribution < -0.4 is 9.62 Å². The fourth-order valence-electron chi connectivity index (χ4n) is 2.48. The predicted molar refractivity (Wildman–Crippen MR) is 106 cm³/mol. The van der Waals surface area contributed by atoms with Crippen molar-refractivity contribution in [3.63, 3.8) is 0 Å². The van der Waals surface area contributed by atoms with Crippen molar-refractivity contribution >= 4 is 33.2 Å². The Balaban J connectivity index is 2.00. The first-order valence-electron chi connectivity index (χ1n) is 8.26. The molecule has 0 saturated carbocycles. The minimum Gasteiger partial charge on any atom is -0.350 e. The van der Waals surface area contributed by atoms with Crippen LogP contribution in [0.1, 0.15) is 29.3 Å². The van der Waals surface area contributed by atoms with Crippen molar-refractivity contribution in [3.05, 3.63) is 64.7 Å². The number of carbonyl (C=O) groups is 1. The number of amides is 1. The summed E-state index contributed by atoms with van der Waals surface area (Å²) in [4.78, 5) is 12.4. The zero-order valence-electron chi connectivity index (χ0n) is 15.1. The normalized spacial score (nSPS) is 12.5. The highest BCUT2D eigenvalue weighted by molar-refractivity contribution is 7.92. The third-order valence-corrected chi connectivity index (χ3v) is 5.66. The predicted octanol–water partition coefficient (Wildman–Crippen LogP) is 3.49. The number of carbonyl (C=O) groups excluding carboxylic acids is 1. The Labute approximate surface area is 160 Å². The molecular formula is C19H23ClN2O3S. The molecule has 0 spiro atoms. The lowest BCUT2D eigenvalue weighted by Crippen LogP contribution is -2.33. The zero-order valence-corrected chi connectivity index (χ0v) is 16.6. The molecule has 0 heterocycles. The number of anilines is 1. The number of benzene rings is 2. The average molecular weight is 395 g/mol. The van der Waals surface area contributed by atoms with Crippen molar-refractivity contribution in [2.24, 2.45) is 0 Å². The quantitative estimate of drug-likeness (QED) is 0.781. The van der Waals surface area contributed by atoms with E-state index in [4.69, 9.17) is 11.6 Å². The molecule has 1 N–H and O–H groups in total. The van der Waals surface area contributed by atoms with Gasteiger partial charge < -0.3 is 5.32 Å². The Bertz CT molecular complexity index is 870. The number of rotatable bonds is 7. The smallest absolute Gasteiger partial charge is 0.253 e. The third-order valence-electron chi connectivity index (χ3n) is 4.14. The first kappa shape index (κ1) is 20.3. The zero-order chi connectivity index (χ0) is 19.3. The van der Waals surface area contributed by atoms with Crippen LogP contribution in [0.3, 0.4) is 0 Å². The molecule has 1 atom stereocenters. The molecule has 0 radical (unpaired) electrons. The summed E-state index contributed by atoms with van der Waals surface area (Å²) < 4.78 is 24.3. The van der Waals surface area contributed by atoms with Crippen molar-refractivity contribution in [2.75, 3.05) is 17.6 Å². The summed E-state index contributed by atoms with van der Waals surface area (Å²) in [6.45, 7) is 1.94. The van der Waals surface area contributed by atoms with Crippen LogP contribution in [0.2, 0.25) is 5.02 Å². The molecule has 5 nitrogen and oxygen atoms in total. The maximum atomic E-state index is 12.4. The van der Waals surface area contributed by atoms with Crippen LogP contribution in [0.25, 0.3) is 0 Å². The van der Waals surface area contributed by atoms with Gasteiger partial charge in [0.05, 0.1) is 22.5 Å². The van der Waals surface area contributed by atoms with Gasteiger partial charge in [0.1, 0.15) is 0 Å². The second-order valence-corrected chi connectivity index (χ2v) is 8.71.